The van der Waals surface area contributed by atoms with Crippen LogP contribution in [0, 0.1) is 0 Å². The van der Waals surface area contributed by atoms with Crippen LogP contribution in [0.5, 0.6) is 0 Å². The summed E-state index contributed by atoms with van der Waals surface area (Å²) in [5.41, 5.74) is 0. The molecule has 1 aliphatic carbocycles. The van der Waals surface area contributed by atoms with Gasteiger partial charge in [-0.05, 0) is 25.7 Å². The summed E-state index contributed by atoms with van der Waals surface area (Å²) in [6.07, 6.45) is 1.88. The van der Waals surface area contributed by atoms with Gasteiger partial charge in [0.15, 0.2) is 0 Å². The van der Waals surface area contributed by atoms with Gasteiger partial charge >= 0.3 is 6.09 Å². The molecular weight excluding hydrogens is 212 g/mol. The van der Waals surface area contributed by atoms with Crippen molar-refractivity contribution in [3.8, 4) is 0 Å². The lowest BCUT2D eigenvalue weighted by Gasteiger charge is -2.28. The summed E-state index contributed by atoms with van der Waals surface area (Å²) in [5, 5.41) is 13.8. The molecule has 6 nitrogen and oxygen atoms in total. The lowest BCUT2D eigenvalue weighted by molar-refractivity contribution is -0.136. The molecule has 90 valence electrons. The monoisotopic (exact) mass is 228 g/mol. The van der Waals surface area contributed by atoms with Crippen LogP contribution >= 0.6 is 0 Å². The third-order valence-electron chi connectivity index (χ3n) is 2.82. The molecule has 2 fully saturated rings. The summed E-state index contributed by atoms with van der Waals surface area (Å²) in [6.45, 7) is 0.273. The molecule has 0 aromatic carbocycles. The molecule has 2 aliphatic rings. The Labute approximate surface area is 93.3 Å². The number of hydrogen-bond acceptors (Lipinski definition) is 3. The molecule has 0 aromatic heterocycles. The van der Waals surface area contributed by atoms with Gasteiger partial charge in [0.1, 0.15) is 6.10 Å². The lowest BCUT2D eigenvalue weighted by atomic mass is 10.0. The fraction of sp³-hybridized carbons (Fsp3) is 0.800. The Bertz CT molecular complexity index is 283. The third kappa shape index (κ3) is 3.10. The zero-order chi connectivity index (χ0) is 11.5. The number of nitrogens with one attached hydrogen (secondary N) is 2. The predicted molar refractivity (Wildman–Crippen MR) is 55.1 cm³/mol. The Morgan fingerprint density at radius 3 is 2.25 bits per heavy atom. The van der Waals surface area contributed by atoms with Gasteiger partial charge in [-0.2, -0.15) is 0 Å². The summed E-state index contributed by atoms with van der Waals surface area (Å²) in [7, 11) is 0. The highest BCUT2D eigenvalue weighted by Crippen LogP contribution is 2.20. The summed E-state index contributed by atoms with van der Waals surface area (Å²) >= 11 is 0. The van der Waals surface area contributed by atoms with Gasteiger partial charge < -0.3 is 20.5 Å². The van der Waals surface area contributed by atoms with Crippen molar-refractivity contribution >= 4 is 12.0 Å². The maximum absolute atomic E-state index is 11.6. The van der Waals surface area contributed by atoms with E-state index < -0.39 is 12.2 Å². The van der Waals surface area contributed by atoms with Crippen molar-refractivity contribution in [1.82, 2.24) is 10.6 Å². The van der Waals surface area contributed by atoms with Crippen LogP contribution < -0.4 is 10.6 Å². The molecule has 1 heterocycles. The molecule has 0 aromatic rings. The molecule has 16 heavy (non-hydrogen) atoms. The molecule has 1 saturated heterocycles. The fourth-order valence-electron chi connectivity index (χ4n) is 1.77. The average molecular weight is 228 g/mol. The molecule has 1 aliphatic heterocycles. The Balaban J connectivity index is 1.71. The van der Waals surface area contributed by atoms with Crippen molar-refractivity contribution in [3.63, 3.8) is 0 Å². The van der Waals surface area contributed by atoms with Gasteiger partial charge in [-0.1, -0.05) is 0 Å². The van der Waals surface area contributed by atoms with Crippen molar-refractivity contribution < 1.29 is 19.4 Å². The van der Waals surface area contributed by atoms with E-state index in [4.69, 9.17) is 9.84 Å². The van der Waals surface area contributed by atoms with Crippen LogP contribution in [0.2, 0.25) is 0 Å². The van der Waals surface area contributed by atoms with E-state index in [1.54, 1.807) is 0 Å². The minimum absolute atomic E-state index is 0.0590. The van der Waals surface area contributed by atoms with Crippen molar-refractivity contribution in [1.29, 1.82) is 0 Å². The van der Waals surface area contributed by atoms with E-state index >= 15 is 0 Å². The summed E-state index contributed by atoms with van der Waals surface area (Å²) < 4.78 is 5.34. The molecule has 2 atom stereocenters. The minimum Gasteiger partial charge on any atom is -0.465 e. The van der Waals surface area contributed by atoms with E-state index in [9.17, 15) is 9.59 Å². The molecule has 2 rings (SSSR count). The number of ether oxygens (including phenoxy) is 1. The van der Waals surface area contributed by atoms with Crippen molar-refractivity contribution in [3.05, 3.63) is 0 Å². The third-order valence-corrected chi connectivity index (χ3v) is 2.82. The van der Waals surface area contributed by atoms with Crippen molar-refractivity contribution in [2.24, 2.45) is 0 Å². The first kappa shape index (κ1) is 11.2. The first-order valence-electron chi connectivity index (χ1n) is 5.56. The molecule has 0 unspecified atom stereocenters. The molecule has 2 amide bonds. The van der Waals surface area contributed by atoms with Gasteiger partial charge in [0.25, 0.3) is 0 Å². The SMILES string of the molecule is O=C(O)N[C@@H]1CC[C@@H](C(=O)NC2CC2)OC1. The number of carboxylic acid groups (broad SMARTS) is 1. The van der Waals surface area contributed by atoms with Gasteiger partial charge in [0.05, 0.1) is 12.6 Å². The van der Waals surface area contributed by atoms with Crippen LogP contribution in [0.25, 0.3) is 0 Å². The van der Waals surface area contributed by atoms with Crippen LogP contribution in [0.4, 0.5) is 4.79 Å². The van der Waals surface area contributed by atoms with Crippen LogP contribution in [-0.2, 0) is 9.53 Å². The Morgan fingerprint density at radius 1 is 1.06 bits per heavy atom. The second-order valence-electron chi connectivity index (χ2n) is 4.33. The number of amides is 2. The summed E-state index contributed by atoms with van der Waals surface area (Å²) in [4.78, 5) is 22.0. The van der Waals surface area contributed by atoms with E-state index in [-0.39, 0.29) is 18.6 Å². The normalized spacial score (nSPS) is 29.5. The second kappa shape index (κ2) is 4.69. The maximum atomic E-state index is 11.6. The highest BCUT2D eigenvalue weighted by atomic mass is 16.5. The highest BCUT2D eigenvalue weighted by Gasteiger charge is 2.31. The van der Waals surface area contributed by atoms with E-state index in [2.05, 4.69) is 10.6 Å². The summed E-state index contributed by atoms with van der Waals surface area (Å²) in [5.74, 6) is -0.0590. The number of carbonyl (C=O) groups is 2. The van der Waals surface area contributed by atoms with Crippen molar-refractivity contribution in [2.75, 3.05) is 6.61 Å². The molecule has 1 saturated carbocycles. The zero-order valence-electron chi connectivity index (χ0n) is 8.94. The average Bonchev–Trinajstić information content (AvgIpc) is 3.01. The maximum Gasteiger partial charge on any atom is 0.404 e. The molecule has 6 heteroatoms. The van der Waals surface area contributed by atoms with Crippen LogP contribution in [0.3, 0.4) is 0 Å². The molecular formula is C10H16N2O4. The quantitative estimate of drug-likeness (QED) is 0.638. The second-order valence-corrected chi connectivity index (χ2v) is 4.33. The smallest absolute Gasteiger partial charge is 0.404 e. The van der Waals surface area contributed by atoms with E-state index in [1.165, 1.54) is 0 Å². The van der Waals surface area contributed by atoms with Crippen LogP contribution in [-0.4, -0.2) is 41.9 Å². The number of hydrogen-bond donors (Lipinski definition) is 3. The molecule has 0 spiro atoms. The van der Waals surface area contributed by atoms with Crippen LogP contribution in [0.1, 0.15) is 25.7 Å². The first-order chi connectivity index (χ1) is 7.65. The van der Waals surface area contributed by atoms with E-state index in [1.807, 2.05) is 0 Å². The van der Waals surface area contributed by atoms with Gasteiger partial charge in [-0.3, -0.25) is 4.79 Å². The number of rotatable bonds is 3. The molecule has 0 bridgehead atoms. The van der Waals surface area contributed by atoms with Crippen molar-refractivity contribution in [2.45, 2.75) is 43.9 Å². The topological polar surface area (TPSA) is 87.7 Å². The largest absolute Gasteiger partial charge is 0.465 e. The van der Waals surface area contributed by atoms with E-state index in [0.29, 0.717) is 18.9 Å². The fourth-order valence-corrected chi connectivity index (χ4v) is 1.77. The predicted octanol–water partition coefficient (Wildman–Crippen LogP) is 0.0802. The Kier molecular flexibility index (Phi) is 3.28. The molecule has 0 radical (unpaired) electrons. The minimum atomic E-state index is -1.05. The highest BCUT2D eigenvalue weighted by molar-refractivity contribution is 5.81. The Hall–Kier alpha value is -1.30. The van der Waals surface area contributed by atoms with Gasteiger partial charge in [-0.15, -0.1) is 0 Å². The first-order valence-corrected chi connectivity index (χ1v) is 5.56. The van der Waals surface area contributed by atoms with E-state index in [0.717, 1.165) is 12.8 Å². The van der Waals surface area contributed by atoms with Gasteiger partial charge in [-0.25, -0.2) is 4.79 Å². The summed E-state index contributed by atoms with van der Waals surface area (Å²) in [6, 6.07) is 0.147. The Morgan fingerprint density at radius 2 is 1.75 bits per heavy atom. The lowest BCUT2D eigenvalue weighted by Crippen LogP contribution is -2.47. The zero-order valence-corrected chi connectivity index (χ0v) is 8.94. The number of carbonyl (C=O) groups excluding carboxylic acids is 1. The molecule has 3 N–H and O–H groups in total. The standard InChI is InChI=1S/C10H16N2O4/c13-9(11-6-1-2-6)8-4-3-7(5-16-8)12-10(14)15/h6-8,12H,1-5H2,(H,11,13)(H,14,15)/t7-,8+/m1/s1. The van der Waals surface area contributed by atoms with Gasteiger partial charge in [0, 0.05) is 6.04 Å². The van der Waals surface area contributed by atoms with Gasteiger partial charge in [0.2, 0.25) is 5.91 Å². The van der Waals surface area contributed by atoms with Crippen LogP contribution in [0.15, 0.2) is 0 Å².